The lowest BCUT2D eigenvalue weighted by atomic mass is 9.92. The molecule has 3 rings (SSSR count). The first-order valence-electron chi connectivity index (χ1n) is 11.9. The number of hydrogen-bond donors (Lipinski definition) is 1. The number of aromatic nitrogens is 2. The highest BCUT2D eigenvalue weighted by Crippen LogP contribution is 2.29. The number of halogens is 1. The van der Waals surface area contributed by atoms with Gasteiger partial charge in [-0.3, -0.25) is 9.59 Å². The van der Waals surface area contributed by atoms with Crippen LogP contribution in [0, 0.1) is 0 Å². The van der Waals surface area contributed by atoms with Crippen molar-refractivity contribution in [2.75, 3.05) is 32.1 Å². The minimum Gasteiger partial charge on any atom is -0.385 e. The van der Waals surface area contributed by atoms with Crippen LogP contribution < -0.4 is 5.32 Å². The third kappa shape index (κ3) is 7.54. The van der Waals surface area contributed by atoms with Gasteiger partial charge in [-0.2, -0.15) is 5.10 Å². The second kappa shape index (κ2) is 12.5. The van der Waals surface area contributed by atoms with Crippen LogP contribution in [0.4, 0.5) is 5.82 Å². The van der Waals surface area contributed by atoms with Crippen molar-refractivity contribution in [3.63, 3.8) is 0 Å². The molecule has 8 heteroatoms. The Morgan fingerprint density at radius 1 is 1.11 bits per heavy atom. The number of ether oxygens (including phenoxy) is 1. The van der Waals surface area contributed by atoms with E-state index in [1.54, 1.807) is 23.9 Å². The molecule has 190 valence electrons. The molecule has 0 aliphatic rings. The smallest absolute Gasteiger partial charge is 0.247 e. The third-order valence-corrected chi connectivity index (χ3v) is 5.79. The lowest BCUT2D eigenvalue weighted by Crippen LogP contribution is -2.38. The van der Waals surface area contributed by atoms with Crippen LogP contribution in [0.5, 0.6) is 0 Å². The topological polar surface area (TPSA) is 76.5 Å². The van der Waals surface area contributed by atoms with Crippen LogP contribution >= 0.6 is 11.6 Å². The first-order valence-corrected chi connectivity index (χ1v) is 12.2. The number of methoxy groups -OCH3 is 1. The molecular weight excluding hydrogens is 476 g/mol. The maximum absolute atomic E-state index is 13.1. The van der Waals surface area contributed by atoms with E-state index in [0.717, 1.165) is 11.3 Å². The monoisotopic (exact) mass is 508 g/mol. The van der Waals surface area contributed by atoms with Crippen LogP contribution in [0.3, 0.4) is 0 Å². The van der Waals surface area contributed by atoms with E-state index in [1.165, 1.54) is 11.0 Å². The molecule has 1 heterocycles. The van der Waals surface area contributed by atoms with Gasteiger partial charge in [0, 0.05) is 37.8 Å². The summed E-state index contributed by atoms with van der Waals surface area (Å²) in [5.74, 6) is -0.0928. The summed E-state index contributed by atoms with van der Waals surface area (Å²) >= 11 is 6.43. The standard InChI is InChI=1S/C28H33ClN4O3/c1-28(2,3)24-19-25(33(31-24)23-14-9-8-13-22(23)29)30-26(34)20-32(17-10-18-36-4)27(35)16-15-21-11-6-5-7-12-21/h5-9,11-16,19H,10,17-18,20H2,1-4H3,(H,30,34). The van der Waals surface area contributed by atoms with Gasteiger partial charge in [-0.25, -0.2) is 4.68 Å². The van der Waals surface area contributed by atoms with Gasteiger partial charge in [-0.1, -0.05) is 74.8 Å². The van der Waals surface area contributed by atoms with Gasteiger partial charge in [-0.15, -0.1) is 0 Å². The molecular formula is C28H33ClN4O3. The second-order valence-electron chi connectivity index (χ2n) is 9.43. The molecule has 0 spiro atoms. The highest BCUT2D eigenvalue weighted by molar-refractivity contribution is 6.32. The molecule has 36 heavy (non-hydrogen) atoms. The van der Waals surface area contributed by atoms with Gasteiger partial charge in [0.2, 0.25) is 11.8 Å². The Morgan fingerprint density at radius 2 is 1.81 bits per heavy atom. The summed E-state index contributed by atoms with van der Waals surface area (Å²) in [6.45, 7) is 6.91. The Bertz CT molecular complexity index is 1200. The van der Waals surface area contributed by atoms with E-state index in [2.05, 4.69) is 5.32 Å². The van der Waals surface area contributed by atoms with Gasteiger partial charge < -0.3 is 15.0 Å². The number of amides is 2. The van der Waals surface area contributed by atoms with Crippen molar-refractivity contribution in [3.05, 3.63) is 83.0 Å². The summed E-state index contributed by atoms with van der Waals surface area (Å²) in [5, 5.41) is 8.16. The highest BCUT2D eigenvalue weighted by atomic mass is 35.5. The normalized spacial score (nSPS) is 11.6. The first kappa shape index (κ1) is 27.2. The van der Waals surface area contributed by atoms with Gasteiger partial charge in [0.1, 0.15) is 12.4 Å². The van der Waals surface area contributed by atoms with Gasteiger partial charge >= 0.3 is 0 Å². The van der Waals surface area contributed by atoms with Crippen molar-refractivity contribution in [1.29, 1.82) is 0 Å². The van der Waals surface area contributed by atoms with Crippen LogP contribution in [0.15, 0.2) is 66.7 Å². The molecule has 0 fully saturated rings. The van der Waals surface area contributed by atoms with Crippen molar-refractivity contribution in [1.82, 2.24) is 14.7 Å². The molecule has 0 atom stereocenters. The summed E-state index contributed by atoms with van der Waals surface area (Å²) in [7, 11) is 1.61. The SMILES string of the molecule is COCCCN(CC(=O)Nc1cc(C(C)(C)C)nn1-c1ccccc1Cl)C(=O)C=Cc1ccccc1. The number of para-hydroxylation sites is 1. The number of nitrogens with zero attached hydrogens (tertiary/aromatic N) is 3. The Morgan fingerprint density at radius 3 is 2.47 bits per heavy atom. The Hall–Kier alpha value is -3.42. The number of benzene rings is 2. The predicted octanol–water partition coefficient (Wildman–Crippen LogP) is 5.34. The summed E-state index contributed by atoms with van der Waals surface area (Å²) in [5.41, 5.74) is 2.13. The van der Waals surface area contributed by atoms with Gasteiger partial charge in [-0.05, 0) is 30.2 Å². The lowest BCUT2D eigenvalue weighted by molar-refractivity contribution is -0.130. The highest BCUT2D eigenvalue weighted by Gasteiger charge is 2.23. The Kier molecular flexibility index (Phi) is 9.44. The van der Waals surface area contributed by atoms with E-state index < -0.39 is 0 Å². The Labute approximate surface area is 217 Å². The number of carbonyl (C=O) groups is 2. The zero-order valence-electron chi connectivity index (χ0n) is 21.2. The molecule has 0 unspecified atom stereocenters. The molecule has 0 aliphatic heterocycles. The molecule has 7 nitrogen and oxygen atoms in total. The molecule has 0 radical (unpaired) electrons. The van der Waals surface area contributed by atoms with E-state index in [1.807, 2.05) is 75.4 Å². The molecule has 0 saturated heterocycles. The fraction of sp³-hybridized carbons (Fsp3) is 0.321. The first-order chi connectivity index (χ1) is 17.2. The number of anilines is 1. The summed E-state index contributed by atoms with van der Waals surface area (Å²) in [6.07, 6.45) is 3.84. The van der Waals surface area contributed by atoms with E-state index in [0.29, 0.717) is 36.1 Å². The van der Waals surface area contributed by atoms with Crippen LogP contribution in [0.25, 0.3) is 11.8 Å². The van der Waals surface area contributed by atoms with Gasteiger partial charge in [0.05, 0.1) is 16.4 Å². The predicted molar refractivity (Wildman–Crippen MR) is 144 cm³/mol. The van der Waals surface area contributed by atoms with Gasteiger partial charge in [0.15, 0.2) is 0 Å². The van der Waals surface area contributed by atoms with E-state index in [-0.39, 0.29) is 23.8 Å². The van der Waals surface area contributed by atoms with E-state index in [4.69, 9.17) is 21.4 Å². The van der Waals surface area contributed by atoms with Crippen LogP contribution in [-0.2, 0) is 19.7 Å². The molecule has 2 aromatic carbocycles. The molecule has 1 N–H and O–H groups in total. The quantitative estimate of drug-likeness (QED) is 0.296. The van der Waals surface area contributed by atoms with Crippen molar-refractivity contribution in [2.45, 2.75) is 32.6 Å². The molecule has 3 aromatic rings. The van der Waals surface area contributed by atoms with E-state index >= 15 is 0 Å². The molecule has 1 aromatic heterocycles. The van der Waals surface area contributed by atoms with Gasteiger partial charge in [0.25, 0.3) is 0 Å². The molecule has 2 amide bonds. The van der Waals surface area contributed by atoms with Crippen LogP contribution in [0.2, 0.25) is 5.02 Å². The molecule has 0 saturated carbocycles. The summed E-state index contributed by atoms with van der Waals surface area (Å²) in [4.78, 5) is 27.6. The number of rotatable bonds is 10. The minimum absolute atomic E-state index is 0.111. The zero-order valence-corrected chi connectivity index (χ0v) is 22.0. The zero-order chi connectivity index (χ0) is 26.1. The molecule has 0 aliphatic carbocycles. The average molecular weight is 509 g/mol. The van der Waals surface area contributed by atoms with Crippen molar-refractivity contribution >= 4 is 35.3 Å². The maximum Gasteiger partial charge on any atom is 0.247 e. The summed E-state index contributed by atoms with van der Waals surface area (Å²) < 4.78 is 6.76. The van der Waals surface area contributed by atoms with Crippen molar-refractivity contribution in [3.8, 4) is 5.69 Å². The largest absolute Gasteiger partial charge is 0.385 e. The van der Waals surface area contributed by atoms with E-state index in [9.17, 15) is 9.59 Å². The van der Waals surface area contributed by atoms with Crippen molar-refractivity contribution < 1.29 is 14.3 Å². The fourth-order valence-corrected chi connectivity index (χ4v) is 3.72. The second-order valence-corrected chi connectivity index (χ2v) is 9.83. The third-order valence-electron chi connectivity index (χ3n) is 5.47. The lowest BCUT2D eigenvalue weighted by Gasteiger charge is -2.21. The Balaban J connectivity index is 1.81. The fourth-order valence-electron chi connectivity index (χ4n) is 3.50. The number of hydrogen-bond acceptors (Lipinski definition) is 4. The van der Waals surface area contributed by atoms with Crippen LogP contribution in [0.1, 0.15) is 38.4 Å². The van der Waals surface area contributed by atoms with Crippen LogP contribution in [-0.4, -0.2) is 53.3 Å². The number of nitrogens with one attached hydrogen (secondary N) is 1. The average Bonchev–Trinajstić information content (AvgIpc) is 3.27. The molecule has 0 bridgehead atoms. The van der Waals surface area contributed by atoms with Crippen molar-refractivity contribution in [2.24, 2.45) is 0 Å². The summed E-state index contributed by atoms with van der Waals surface area (Å²) in [6, 6.07) is 18.7. The minimum atomic E-state index is -0.331. The number of carbonyl (C=O) groups excluding carboxylic acids is 2. The maximum atomic E-state index is 13.1.